The zero-order valence-electron chi connectivity index (χ0n) is 13.3. The molecule has 1 aromatic heterocycles. The second-order valence-electron chi connectivity index (χ2n) is 5.51. The third-order valence-electron chi connectivity index (χ3n) is 4.52. The molecule has 1 aliphatic rings. The summed E-state index contributed by atoms with van der Waals surface area (Å²) in [6, 6.07) is 2.01. The minimum absolute atomic E-state index is 0.0300. The van der Waals surface area contributed by atoms with Crippen LogP contribution in [0, 0.1) is 0 Å². The van der Waals surface area contributed by atoms with Crippen LogP contribution in [0.15, 0.2) is 6.07 Å². The summed E-state index contributed by atoms with van der Waals surface area (Å²) in [5, 5.41) is 7.13. The first kappa shape index (κ1) is 15.5. The van der Waals surface area contributed by atoms with Crippen LogP contribution in [0.5, 0.6) is 0 Å². The minimum atomic E-state index is -0.744. The lowest BCUT2D eigenvalue weighted by atomic mass is 9.87. The van der Waals surface area contributed by atoms with Crippen LogP contribution >= 0.6 is 0 Å². The second-order valence-corrected chi connectivity index (χ2v) is 5.51. The monoisotopic (exact) mass is 292 g/mol. The van der Waals surface area contributed by atoms with Gasteiger partial charge in [0.1, 0.15) is 5.54 Å². The fourth-order valence-electron chi connectivity index (χ4n) is 3.02. The van der Waals surface area contributed by atoms with Gasteiger partial charge in [0.25, 0.3) is 0 Å². The lowest BCUT2D eigenvalue weighted by Gasteiger charge is -2.44. The van der Waals surface area contributed by atoms with Gasteiger partial charge >= 0.3 is 0 Å². The molecule has 2 amide bonds. The van der Waals surface area contributed by atoms with Crippen molar-refractivity contribution in [2.24, 2.45) is 7.05 Å². The van der Waals surface area contributed by atoms with Crippen molar-refractivity contribution in [3.63, 3.8) is 0 Å². The number of amides is 2. The van der Waals surface area contributed by atoms with E-state index in [1.54, 1.807) is 9.58 Å². The van der Waals surface area contributed by atoms with Gasteiger partial charge in [0.05, 0.1) is 24.5 Å². The zero-order chi connectivity index (χ0) is 15.6. The molecule has 0 unspecified atom stereocenters. The molecule has 0 aliphatic carbocycles. The maximum Gasteiger partial charge on any atom is 0.246 e. The van der Waals surface area contributed by atoms with Crippen molar-refractivity contribution in [3.05, 3.63) is 17.5 Å². The van der Waals surface area contributed by atoms with Crippen LogP contribution in [-0.4, -0.2) is 38.6 Å². The fraction of sp³-hybridized carbons (Fsp3) is 0.667. The molecule has 0 aromatic carbocycles. The van der Waals surface area contributed by atoms with Crippen LogP contribution < -0.4 is 5.32 Å². The number of hydrogen-bond acceptors (Lipinski definition) is 3. The van der Waals surface area contributed by atoms with E-state index in [-0.39, 0.29) is 18.4 Å². The molecular formula is C15H24N4O2. The number of rotatable bonds is 5. The third kappa shape index (κ3) is 2.54. The molecule has 1 aromatic rings. The molecule has 21 heavy (non-hydrogen) atoms. The van der Waals surface area contributed by atoms with Crippen molar-refractivity contribution in [2.45, 2.75) is 52.1 Å². The third-order valence-corrected chi connectivity index (χ3v) is 4.52. The minimum Gasteiger partial charge on any atom is -0.345 e. The lowest BCUT2D eigenvalue weighted by Crippen LogP contribution is -2.66. The molecule has 6 heteroatoms. The van der Waals surface area contributed by atoms with Crippen LogP contribution in [0.25, 0.3) is 0 Å². The van der Waals surface area contributed by atoms with Gasteiger partial charge < -0.3 is 10.2 Å². The number of nitrogens with zero attached hydrogens (tertiary/aromatic N) is 3. The van der Waals surface area contributed by atoms with Gasteiger partial charge in [-0.2, -0.15) is 5.10 Å². The Hall–Kier alpha value is -1.85. The number of piperazine rings is 1. The van der Waals surface area contributed by atoms with E-state index in [0.29, 0.717) is 19.4 Å². The highest BCUT2D eigenvalue weighted by Gasteiger charge is 2.46. The predicted molar refractivity (Wildman–Crippen MR) is 79.5 cm³/mol. The lowest BCUT2D eigenvalue weighted by molar-refractivity contribution is -0.155. The topological polar surface area (TPSA) is 67.2 Å². The van der Waals surface area contributed by atoms with Crippen molar-refractivity contribution < 1.29 is 9.59 Å². The SMILES string of the molecule is CCc1cc(CN2C(=O)CNC(=O)C2(CC)CC)n(C)n1. The summed E-state index contributed by atoms with van der Waals surface area (Å²) in [6.45, 7) is 6.47. The molecule has 0 saturated carbocycles. The van der Waals surface area contributed by atoms with Crippen molar-refractivity contribution in [1.29, 1.82) is 0 Å². The van der Waals surface area contributed by atoms with Crippen LogP contribution in [0.4, 0.5) is 0 Å². The summed E-state index contributed by atoms with van der Waals surface area (Å²) < 4.78 is 1.80. The van der Waals surface area contributed by atoms with E-state index in [1.165, 1.54) is 0 Å². The number of nitrogens with one attached hydrogen (secondary N) is 1. The first-order valence-electron chi connectivity index (χ1n) is 7.59. The molecule has 0 atom stereocenters. The Bertz CT molecular complexity index is 546. The molecule has 1 saturated heterocycles. The normalized spacial score (nSPS) is 18.0. The Labute approximate surface area is 125 Å². The summed E-state index contributed by atoms with van der Waals surface area (Å²) in [4.78, 5) is 26.4. The van der Waals surface area contributed by atoms with Crippen LogP contribution in [0.1, 0.15) is 45.0 Å². The van der Waals surface area contributed by atoms with E-state index >= 15 is 0 Å². The number of carbonyl (C=O) groups is 2. The fourth-order valence-corrected chi connectivity index (χ4v) is 3.02. The molecule has 6 nitrogen and oxygen atoms in total. The molecule has 1 N–H and O–H groups in total. The molecule has 0 bridgehead atoms. The van der Waals surface area contributed by atoms with E-state index < -0.39 is 5.54 Å². The summed E-state index contributed by atoms with van der Waals surface area (Å²) in [5.74, 6) is -0.0810. The Morgan fingerprint density at radius 1 is 1.29 bits per heavy atom. The van der Waals surface area contributed by atoms with Crippen molar-refractivity contribution in [1.82, 2.24) is 20.0 Å². The van der Waals surface area contributed by atoms with Gasteiger partial charge in [0.15, 0.2) is 0 Å². The molecule has 1 fully saturated rings. The Morgan fingerprint density at radius 3 is 2.48 bits per heavy atom. The molecule has 2 heterocycles. The zero-order valence-corrected chi connectivity index (χ0v) is 13.3. The summed E-state index contributed by atoms with van der Waals surface area (Å²) >= 11 is 0. The largest absolute Gasteiger partial charge is 0.345 e. The molecule has 2 rings (SSSR count). The standard InChI is InChI=1S/C15H24N4O2/c1-5-11-8-12(18(4)17-11)10-19-13(20)9-16-14(21)15(19,6-2)7-3/h8H,5-7,9-10H2,1-4H3,(H,16,21). The van der Waals surface area contributed by atoms with Gasteiger partial charge in [0.2, 0.25) is 11.8 Å². The summed E-state index contributed by atoms with van der Waals surface area (Å²) in [6.07, 6.45) is 2.08. The van der Waals surface area contributed by atoms with Crippen LogP contribution in [0.2, 0.25) is 0 Å². The average Bonchev–Trinajstić information content (AvgIpc) is 2.84. The summed E-state index contributed by atoms with van der Waals surface area (Å²) in [7, 11) is 1.88. The van der Waals surface area contributed by atoms with Crippen LogP contribution in [-0.2, 0) is 29.6 Å². The van der Waals surface area contributed by atoms with E-state index in [0.717, 1.165) is 17.8 Å². The highest BCUT2D eigenvalue weighted by molar-refractivity contribution is 5.97. The maximum atomic E-state index is 12.3. The van der Waals surface area contributed by atoms with Gasteiger partial charge in [-0.05, 0) is 25.3 Å². The second kappa shape index (κ2) is 5.87. The Balaban J connectivity index is 2.35. The first-order valence-corrected chi connectivity index (χ1v) is 7.59. The highest BCUT2D eigenvalue weighted by atomic mass is 16.2. The smallest absolute Gasteiger partial charge is 0.246 e. The molecule has 0 spiro atoms. The van der Waals surface area contributed by atoms with Gasteiger partial charge in [-0.1, -0.05) is 20.8 Å². The maximum absolute atomic E-state index is 12.3. The average molecular weight is 292 g/mol. The number of hydrogen-bond donors (Lipinski definition) is 1. The van der Waals surface area contributed by atoms with Crippen molar-refractivity contribution in [3.8, 4) is 0 Å². The number of aromatic nitrogens is 2. The van der Waals surface area contributed by atoms with E-state index in [1.807, 2.05) is 33.9 Å². The Morgan fingerprint density at radius 2 is 1.95 bits per heavy atom. The molecular weight excluding hydrogens is 268 g/mol. The van der Waals surface area contributed by atoms with Crippen LogP contribution in [0.3, 0.4) is 0 Å². The van der Waals surface area contributed by atoms with Gasteiger partial charge in [-0.25, -0.2) is 0 Å². The van der Waals surface area contributed by atoms with E-state index in [2.05, 4.69) is 10.4 Å². The molecule has 0 radical (unpaired) electrons. The van der Waals surface area contributed by atoms with Crippen molar-refractivity contribution in [2.75, 3.05) is 6.54 Å². The molecule has 1 aliphatic heterocycles. The highest BCUT2D eigenvalue weighted by Crippen LogP contribution is 2.29. The first-order chi connectivity index (χ1) is 9.98. The van der Waals surface area contributed by atoms with Gasteiger partial charge in [-0.3, -0.25) is 14.3 Å². The predicted octanol–water partition coefficient (Wildman–Crippen LogP) is 1.000. The van der Waals surface area contributed by atoms with E-state index in [4.69, 9.17) is 0 Å². The number of carbonyl (C=O) groups excluding carboxylic acids is 2. The van der Waals surface area contributed by atoms with Gasteiger partial charge in [0, 0.05) is 7.05 Å². The van der Waals surface area contributed by atoms with Crippen molar-refractivity contribution >= 4 is 11.8 Å². The number of aryl methyl sites for hydroxylation is 2. The van der Waals surface area contributed by atoms with Gasteiger partial charge in [-0.15, -0.1) is 0 Å². The van der Waals surface area contributed by atoms with E-state index in [9.17, 15) is 9.59 Å². The molecule has 116 valence electrons. The Kier molecular flexibility index (Phi) is 4.34. The quantitative estimate of drug-likeness (QED) is 0.880. The summed E-state index contributed by atoms with van der Waals surface area (Å²) in [5.41, 5.74) is 1.22.